The molecule has 7 heteroatoms. The van der Waals surface area contributed by atoms with Crippen LogP contribution in [-0.4, -0.2) is 28.5 Å². The molecular weight excluding hydrogens is 268 g/mol. The van der Waals surface area contributed by atoms with Crippen LogP contribution in [0.3, 0.4) is 0 Å². The first-order valence-corrected chi connectivity index (χ1v) is 6.31. The summed E-state index contributed by atoms with van der Waals surface area (Å²) < 4.78 is 1.56. The average molecular weight is 287 g/mol. The van der Waals surface area contributed by atoms with Gasteiger partial charge in [-0.25, -0.2) is 4.79 Å². The van der Waals surface area contributed by atoms with Crippen LogP contribution >= 0.6 is 0 Å². The van der Waals surface area contributed by atoms with E-state index in [4.69, 9.17) is 0 Å². The van der Waals surface area contributed by atoms with Gasteiger partial charge < -0.3 is 17.0 Å². The van der Waals surface area contributed by atoms with Crippen LogP contribution in [0.5, 0.6) is 0 Å². The Bertz CT molecular complexity index is 562. The SMILES string of the molecule is Cc1cn(CCCC2=[NH+]CCCN2)c(=O)[nH]c1=O.[Cl-]. The third-order valence-corrected chi connectivity index (χ3v) is 3.05. The molecule has 2 rings (SSSR count). The molecule has 6 nitrogen and oxygen atoms in total. The zero-order valence-corrected chi connectivity index (χ0v) is 11.7. The largest absolute Gasteiger partial charge is 1.00 e. The number of amidine groups is 1. The van der Waals surface area contributed by atoms with Crippen molar-refractivity contribution in [3.63, 3.8) is 0 Å². The summed E-state index contributed by atoms with van der Waals surface area (Å²) in [6.45, 7) is 4.34. The molecule has 3 N–H and O–H groups in total. The van der Waals surface area contributed by atoms with Crippen LogP contribution in [-0.2, 0) is 6.54 Å². The van der Waals surface area contributed by atoms with Gasteiger partial charge in [-0.15, -0.1) is 0 Å². The van der Waals surface area contributed by atoms with E-state index >= 15 is 0 Å². The van der Waals surface area contributed by atoms with Gasteiger partial charge in [-0.05, 0) is 13.3 Å². The van der Waals surface area contributed by atoms with E-state index in [0.29, 0.717) is 12.1 Å². The second kappa shape index (κ2) is 7.13. The van der Waals surface area contributed by atoms with Gasteiger partial charge in [-0.1, -0.05) is 0 Å². The van der Waals surface area contributed by atoms with E-state index in [1.807, 2.05) is 0 Å². The Morgan fingerprint density at radius 2 is 2.21 bits per heavy atom. The minimum atomic E-state index is -0.333. The summed E-state index contributed by atoms with van der Waals surface area (Å²) in [4.78, 5) is 28.4. The predicted octanol–water partition coefficient (Wildman–Crippen LogP) is -4.90. The number of nitrogens with zero attached hydrogens (tertiary/aromatic N) is 1. The van der Waals surface area contributed by atoms with Crippen molar-refractivity contribution in [1.29, 1.82) is 0 Å². The summed E-state index contributed by atoms with van der Waals surface area (Å²) >= 11 is 0. The lowest BCUT2D eigenvalue weighted by Gasteiger charge is -2.09. The highest BCUT2D eigenvalue weighted by Gasteiger charge is 2.10. The van der Waals surface area contributed by atoms with Crippen molar-refractivity contribution in [3.05, 3.63) is 32.6 Å². The van der Waals surface area contributed by atoms with Gasteiger partial charge in [0.1, 0.15) is 0 Å². The normalized spacial score (nSPS) is 14.3. The summed E-state index contributed by atoms with van der Waals surface area (Å²) in [6, 6.07) is 0. The topological polar surface area (TPSA) is 80.9 Å². The van der Waals surface area contributed by atoms with E-state index in [-0.39, 0.29) is 23.7 Å². The van der Waals surface area contributed by atoms with E-state index < -0.39 is 0 Å². The van der Waals surface area contributed by atoms with Crippen LogP contribution in [0, 0.1) is 6.92 Å². The molecule has 0 saturated heterocycles. The van der Waals surface area contributed by atoms with Crippen LogP contribution in [0.4, 0.5) is 0 Å². The summed E-state index contributed by atoms with van der Waals surface area (Å²) in [6.07, 6.45) is 4.51. The number of hydrogen-bond donors (Lipinski definition) is 3. The van der Waals surface area contributed by atoms with Crippen molar-refractivity contribution >= 4 is 5.84 Å². The number of aromatic amines is 1. The summed E-state index contributed by atoms with van der Waals surface area (Å²) in [5.74, 6) is 1.15. The molecule has 0 aliphatic carbocycles. The highest BCUT2D eigenvalue weighted by Crippen LogP contribution is 1.93. The highest BCUT2D eigenvalue weighted by atomic mass is 35.5. The van der Waals surface area contributed by atoms with Crippen LogP contribution < -0.4 is 34.0 Å². The average Bonchev–Trinajstić information content (AvgIpc) is 2.37. The molecule has 0 radical (unpaired) electrons. The van der Waals surface area contributed by atoms with Crippen molar-refractivity contribution in [2.45, 2.75) is 32.7 Å². The molecule has 0 spiro atoms. The minimum Gasteiger partial charge on any atom is -1.00 e. The lowest BCUT2D eigenvalue weighted by Crippen LogP contribution is -3.00. The van der Waals surface area contributed by atoms with Crippen molar-refractivity contribution in [1.82, 2.24) is 14.9 Å². The van der Waals surface area contributed by atoms with Gasteiger partial charge in [-0.2, -0.15) is 0 Å². The van der Waals surface area contributed by atoms with Crippen LogP contribution in [0.15, 0.2) is 15.8 Å². The maximum Gasteiger partial charge on any atom is 0.328 e. The van der Waals surface area contributed by atoms with Gasteiger partial charge in [0.15, 0.2) is 0 Å². The molecule has 1 aromatic heterocycles. The van der Waals surface area contributed by atoms with Crippen LogP contribution in [0.2, 0.25) is 0 Å². The Balaban J connectivity index is 0.00000180. The first kappa shape index (κ1) is 15.5. The van der Waals surface area contributed by atoms with E-state index in [1.165, 1.54) is 0 Å². The lowest BCUT2D eigenvalue weighted by molar-refractivity contribution is -0.465. The smallest absolute Gasteiger partial charge is 0.328 e. The van der Waals surface area contributed by atoms with Crippen LogP contribution in [0.25, 0.3) is 0 Å². The van der Waals surface area contributed by atoms with Gasteiger partial charge in [0.25, 0.3) is 5.56 Å². The second-order valence-electron chi connectivity index (χ2n) is 4.55. The second-order valence-corrected chi connectivity index (χ2v) is 4.55. The number of nitrogens with one attached hydrogen (secondary N) is 3. The quantitative estimate of drug-likeness (QED) is 0.519. The number of halogens is 1. The summed E-state index contributed by atoms with van der Waals surface area (Å²) in [5, 5.41) is 3.30. The Morgan fingerprint density at radius 1 is 1.42 bits per heavy atom. The maximum absolute atomic E-state index is 11.5. The zero-order valence-electron chi connectivity index (χ0n) is 11.0. The molecule has 19 heavy (non-hydrogen) atoms. The molecule has 1 aromatic rings. The third-order valence-electron chi connectivity index (χ3n) is 3.05. The van der Waals surface area contributed by atoms with Crippen molar-refractivity contribution in [3.8, 4) is 0 Å². The first-order chi connectivity index (χ1) is 8.66. The third kappa shape index (κ3) is 4.24. The monoisotopic (exact) mass is 286 g/mol. The van der Waals surface area contributed by atoms with E-state index in [2.05, 4.69) is 15.3 Å². The molecule has 0 saturated carbocycles. The number of H-pyrrole nitrogens is 1. The Morgan fingerprint density at radius 3 is 2.89 bits per heavy atom. The Labute approximate surface area is 117 Å². The van der Waals surface area contributed by atoms with E-state index in [0.717, 1.165) is 38.2 Å². The van der Waals surface area contributed by atoms with Gasteiger partial charge >= 0.3 is 5.69 Å². The van der Waals surface area contributed by atoms with Crippen LogP contribution in [0.1, 0.15) is 24.8 Å². The van der Waals surface area contributed by atoms with Gasteiger partial charge in [0.2, 0.25) is 5.84 Å². The summed E-state index contributed by atoms with van der Waals surface area (Å²) in [5.41, 5.74) is -0.0717. The molecule has 0 unspecified atom stereocenters. The standard InChI is InChI=1S/C12H18N4O2.ClH/c1-9-8-16(12(18)15-11(9)17)7-2-4-10-13-5-3-6-14-10;/h8H,2-7H2,1H3,(H,13,14)(H,15,17,18);1H. The number of aryl methyl sites for hydroxylation is 2. The van der Waals surface area contributed by atoms with Crippen molar-refractivity contribution < 1.29 is 17.4 Å². The number of aromatic nitrogens is 2. The number of hydrogen-bond acceptors (Lipinski definition) is 3. The molecule has 0 atom stereocenters. The van der Waals surface area contributed by atoms with Gasteiger partial charge in [-0.3, -0.25) is 20.1 Å². The van der Waals surface area contributed by atoms with Crippen molar-refractivity contribution in [2.75, 3.05) is 13.1 Å². The Hall–Kier alpha value is -1.56. The molecule has 1 aliphatic rings. The zero-order chi connectivity index (χ0) is 13.0. The molecule has 1 aliphatic heterocycles. The molecule has 106 valence electrons. The Kier molecular flexibility index (Phi) is 5.82. The lowest BCUT2D eigenvalue weighted by atomic mass is 10.2. The number of rotatable bonds is 4. The first-order valence-electron chi connectivity index (χ1n) is 6.31. The molecule has 0 aromatic carbocycles. The fraction of sp³-hybridized carbons (Fsp3) is 0.583. The minimum absolute atomic E-state index is 0. The van der Waals surface area contributed by atoms with Gasteiger partial charge in [0, 0.05) is 31.1 Å². The molecular formula is C12H19ClN4O2. The summed E-state index contributed by atoms with van der Waals surface area (Å²) in [7, 11) is 0. The molecule has 2 heterocycles. The van der Waals surface area contributed by atoms with Crippen molar-refractivity contribution in [2.24, 2.45) is 0 Å². The molecule has 0 amide bonds. The fourth-order valence-corrected chi connectivity index (χ4v) is 2.02. The maximum atomic E-state index is 11.5. The fourth-order valence-electron chi connectivity index (χ4n) is 2.02. The van der Waals surface area contributed by atoms with Gasteiger partial charge in [0.05, 0.1) is 13.1 Å². The predicted molar refractivity (Wildman–Crippen MR) is 68.8 cm³/mol. The molecule has 0 fully saturated rings. The van der Waals surface area contributed by atoms with E-state index in [9.17, 15) is 9.59 Å². The molecule has 0 bridgehead atoms. The highest BCUT2D eigenvalue weighted by molar-refractivity contribution is 5.76. The van der Waals surface area contributed by atoms with E-state index in [1.54, 1.807) is 17.7 Å².